The minimum atomic E-state index is -0.591. The summed E-state index contributed by atoms with van der Waals surface area (Å²) in [5.74, 6) is -0.549. The fourth-order valence-electron chi connectivity index (χ4n) is 4.47. The lowest BCUT2D eigenvalue weighted by Crippen LogP contribution is -2.12. The number of carbonyl (C=O) groups is 1. The van der Waals surface area contributed by atoms with Crippen LogP contribution in [0.2, 0.25) is 0 Å². The van der Waals surface area contributed by atoms with Gasteiger partial charge in [0.15, 0.2) is 11.6 Å². The Labute approximate surface area is 236 Å². The highest BCUT2D eigenvalue weighted by Crippen LogP contribution is 2.42. The lowest BCUT2D eigenvalue weighted by molar-refractivity contribution is -0.111. The van der Waals surface area contributed by atoms with Gasteiger partial charge in [0.1, 0.15) is 17.8 Å². The van der Waals surface area contributed by atoms with E-state index in [1.165, 1.54) is 24.5 Å². The monoisotopic (exact) mass is 552 g/mol. The van der Waals surface area contributed by atoms with E-state index < -0.39 is 5.82 Å². The topological polar surface area (TPSA) is 124 Å². The minimum absolute atomic E-state index is 0.00918. The number of nitrogen functional groups attached to an aromatic ring is 1. The zero-order valence-corrected chi connectivity index (χ0v) is 23.1. The second-order valence-electron chi connectivity index (χ2n) is 9.70. The molecule has 0 fully saturated rings. The molecule has 1 amide bonds. The van der Waals surface area contributed by atoms with Crippen molar-refractivity contribution >= 4 is 28.4 Å². The molecule has 0 radical (unpaired) electrons. The van der Waals surface area contributed by atoms with E-state index in [1.807, 2.05) is 54.9 Å². The molecule has 3 heterocycles. The number of amides is 1. The Morgan fingerprint density at radius 3 is 2.56 bits per heavy atom. The Morgan fingerprint density at radius 1 is 1.10 bits per heavy atom. The standard InChI is InChI=1S/C30H29FN8O2/c1-18-13-14-33-30(36-18)41-23-12-9-20(16-22(23)31)25-26-28(32)34-17-35-29(26)39(4)27(25)19-7-10-21(11-8-19)37-24(40)6-5-15-38(2)3/h5-14,16-17H,15H2,1-4H3,(H,37,40)(H2,32,34,35)/b6-5+. The molecule has 0 aliphatic heterocycles. The van der Waals surface area contributed by atoms with E-state index in [0.717, 1.165) is 11.3 Å². The van der Waals surface area contributed by atoms with Crippen molar-refractivity contribution in [2.45, 2.75) is 6.92 Å². The summed E-state index contributed by atoms with van der Waals surface area (Å²) in [7, 11) is 5.72. The molecular weight excluding hydrogens is 523 g/mol. The van der Waals surface area contributed by atoms with E-state index in [4.69, 9.17) is 10.5 Å². The molecule has 0 atom stereocenters. The van der Waals surface area contributed by atoms with E-state index in [2.05, 4.69) is 25.3 Å². The van der Waals surface area contributed by atoms with E-state index in [9.17, 15) is 4.79 Å². The van der Waals surface area contributed by atoms with Crippen LogP contribution in [-0.4, -0.2) is 56.0 Å². The van der Waals surface area contributed by atoms with Crippen molar-refractivity contribution in [2.24, 2.45) is 7.05 Å². The predicted octanol–water partition coefficient (Wildman–Crippen LogP) is 4.97. The number of nitrogens with one attached hydrogen (secondary N) is 1. The highest BCUT2D eigenvalue weighted by molar-refractivity contribution is 6.08. The highest BCUT2D eigenvalue weighted by atomic mass is 19.1. The van der Waals surface area contributed by atoms with Crippen molar-refractivity contribution in [3.63, 3.8) is 0 Å². The number of hydrogen-bond donors (Lipinski definition) is 2. The molecule has 2 aromatic carbocycles. The SMILES string of the molecule is Cc1ccnc(Oc2ccc(-c3c(-c4ccc(NC(=O)/C=C/CN(C)C)cc4)n(C)c4ncnc(N)c34)cc2F)n1. The first kappa shape index (κ1) is 27.4. The van der Waals surface area contributed by atoms with Crippen LogP contribution in [0.25, 0.3) is 33.4 Å². The van der Waals surface area contributed by atoms with Crippen molar-refractivity contribution in [1.29, 1.82) is 0 Å². The van der Waals surface area contributed by atoms with E-state index in [-0.39, 0.29) is 23.5 Å². The zero-order valence-electron chi connectivity index (χ0n) is 23.1. The molecule has 208 valence electrons. The van der Waals surface area contributed by atoms with Crippen LogP contribution in [0, 0.1) is 12.7 Å². The molecule has 11 heteroatoms. The van der Waals surface area contributed by atoms with Gasteiger partial charge in [-0.25, -0.2) is 24.3 Å². The van der Waals surface area contributed by atoms with Crippen molar-refractivity contribution in [2.75, 3.05) is 31.7 Å². The van der Waals surface area contributed by atoms with Crippen LogP contribution in [-0.2, 0) is 11.8 Å². The van der Waals surface area contributed by atoms with E-state index in [0.29, 0.717) is 40.1 Å². The fraction of sp³-hybridized carbons (Fsp3) is 0.167. The maximum Gasteiger partial charge on any atom is 0.322 e. The number of likely N-dealkylation sites (N-methyl/N-ethyl adjacent to an activating group) is 1. The van der Waals surface area contributed by atoms with Crippen LogP contribution in [0.5, 0.6) is 11.8 Å². The molecule has 3 aromatic heterocycles. The number of hydrogen-bond acceptors (Lipinski definition) is 8. The highest BCUT2D eigenvalue weighted by Gasteiger charge is 2.23. The molecule has 3 N–H and O–H groups in total. The van der Waals surface area contributed by atoms with Crippen LogP contribution in [0.1, 0.15) is 5.69 Å². The molecule has 5 aromatic rings. The quantitative estimate of drug-likeness (QED) is 0.259. The van der Waals surface area contributed by atoms with Gasteiger partial charge in [0.25, 0.3) is 0 Å². The first-order valence-electron chi connectivity index (χ1n) is 12.8. The van der Waals surface area contributed by atoms with Crippen LogP contribution in [0.3, 0.4) is 0 Å². The van der Waals surface area contributed by atoms with Gasteiger partial charge in [-0.05, 0) is 62.5 Å². The molecule has 0 aliphatic carbocycles. The average Bonchev–Trinajstić information content (AvgIpc) is 3.23. The number of ether oxygens (including phenoxy) is 1. The Balaban J connectivity index is 1.52. The van der Waals surface area contributed by atoms with Crippen LogP contribution in [0.4, 0.5) is 15.9 Å². The summed E-state index contributed by atoms with van der Waals surface area (Å²) in [4.78, 5) is 31.1. The number of nitrogens with two attached hydrogens (primary N) is 1. The fourth-order valence-corrected chi connectivity index (χ4v) is 4.47. The summed E-state index contributed by atoms with van der Waals surface area (Å²) >= 11 is 0. The summed E-state index contributed by atoms with van der Waals surface area (Å²) < 4.78 is 22.9. The maximum atomic E-state index is 15.4. The Hall–Kier alpha value is -5.16. The largest absolute Gasteiger partial charge is 0.421 e. The number of fused-ring (bicyclic) bond motifs is 1. The summed E-state index contributed by atoms with van der Waals surface area (Å²) in [6, 6.07) is 13.8. The number of aryl methyl sites for hydroxylation is 2. The van der Waals surface area contributed by atoms with Gasteiger partial charge in [-0.2, -0.15) is 0 Å². The number of carbonyl (C=O) groups excluding carboxylic acids is 1. The molecule has 0 aliphatic rings. The molecule has 10 nitrogen and oxygen atoms in total. The van der Waals surface area contributed by atoms with Gasteiger partial charge < -0.3 is 25.3 Å². The van der Waals surface area contributed by atoms with Crippen LogP contribution < -0.4 is 15.8 Å². The van der Waals surface area contributed by atoms with Gasteiger partial charge in [-0.3, -0.25) is 4.79 Å². The predicted molar refractivity (Wildman–Crippen MR) is 157 cm³/mol. The normalized spacial score (nSPS) is 11.5. The number of benzene rings is 2. The third-order valence-corrected chi connectivity index (χ3v) is 6.36. The van der Waals surface area contributed by atoms with Crippen molar-refractivity contribution < 1.29 is 13.9 Å². The molecule has 0 saturated heterocycles. The number of halogens is 1. The summed E-state index contributed by atoms with van der Waals surface area (Å²) in [5.41, 5.74) is 11.1. The molecular formula is C30H29FN8O2. The van der Waals surface area contributed by atoms with Crippen LogP contribution in [0.15, 0.2) is 73.2 Å². The van der Waals surface area contributed by atoms with E-state index >= 15 is 4.39 Å². The van der Waals surface area contributed by atoms with Gasteiger partial charge in [-0.15, -0.1) is 0 Å². The molecule has 41 heavy (non-hydrogen) atoms. The maximum absolute atomic E-state index is 15.4. The number of rotatable bonds is 8. The minimum Gasteiger partial charge on any atom is -0.421 e. The third kappa shape index (κ3) is 5.89. The van der Waals surface area contributed by atoms with Gasteiger partial charge in [0.2, 0.25) is 5.91 Å². The Morgan fingerprint density at radius 2 is 1.85 bits per heavy atom. The third-order valence-electron chi connectivity index (χ3n) is 6.36. The van der Waals surface area contributed by atoms with E-state index in [1.54, 1.807) is 31.3 Å². The van der Waals surface area contributed by atoms with Crippen molar-refractivity contribution in [3.8, 4) is 34.1 Å². The van der Waals surface area contributed by atoms with Gasteiger partial charge in [-0.1, -0.05) is 24.3 Å². The lowest BCUT2D eigenvalue weighted by Gasteiger charge is -2.12. The number of anilines is 2. The first-order chi connectivity index (χ1) is 19.7. The average molecular weight is 553 g/mol. The van der Waals surface area contributed by atoms with Crippen molar-refractivity contribution in [1.82, 2.24) is 29.4 Å². The smallest absolute Gasteiger partial charge is 0.322 e. The van der Waals surface area contributed by atoms with Crippen LogP contribution >= 0.6 is 0 Å². The molecule has 0 unspecified atom stereocenters. The summed E-state index contributed by atoms with van der Waals surface area (Å²) in [6.45, 7) is 2.46. The molecule has 0 saturated carbocycles. The van der Waals surface area contributed by atoms with Gasteiger partial charge >= 0.3 is 6.01 Å². The zero-order chi connectivity index (χ0) is 29.1. The first-order valence-corrected chi connectivity index (χ1v) is 12.8. The second kappa shape index (κ2) is 11.5. The van der Waals surface area contributed by atoms with Gasteiger partial charge in [0.05, 0.1) is 11.1 Å². The Bertz CT molecular complexity index is 1760. The Kier molecular flexibility index (Phi) is 7.70. The summed E-state index contributed by atoms with van der Waals surface area (Å²) in [5, 5.41) is 3.46. The second-order valence-corrected chi connectivity index (χ2v) is 9.70. The van der Waals surface area contributed by atoms with Crippen molar-refractivity contribution in [3.05, 3.63) is 84.7 Å². The lowest BCUT2D eigenvalue weighted by atomic mass is 9.98. The molecule has 0 bridgehead atoms. The molecule has 5 rings (SSSR count). The number of aromatic nitrogens is 5. The number of nitrogens with zero attached hydrogens (tertiary/aromatic N) is 6. The molecule has 0 spiro atoms. The summed E-state index contributed by atoms with van der Waals surface area (Å²) in [6.07, 6.45) is 6.24. The van der Waals surface area contributed by atoms with Gasteiger partial charge in [0, 0.05) is 42.8 Å².